The van der Waals surface area contributed by atoms with Gasteiger partial charge < -0.3 is 19.3 Å². The van der Waals surface area contributed by atoms with Crippen molar-refractivity contribution in [2.75, 3.05) is 21.3 Å². The second kappa shape index (κ2) is 4.58. The van der Waals surface area contributed by atoms with E-state index in [1.165, 1.54) is 14.2 Å². The van der Waals surface area contributed by atoms with E-state index in [0.29, 0.717) is 17.8 Å². The Balaban J connectivity index is 2.31. The van der Waals surface area contributed by atoms with Crippen molar-refractivity contribution in [1.29, 1.82) is 0 Å². The lowest BCUT2D eigenvalue weighted by molar-refractivity contribution is -0.162. The Morgan fingerprint density at radius 3 is 2.52 bits per heavy atom. The van der Waals surface area contributed by atoms with E-state index in [9.17, 15) is 9.90 Å². The number of ether oxygens (including phenoxy) is 3. The third-order valence-electron chi connectivity index (χ3n) is 5.58. The summed E-state index contributed by atoms with van der Waals surface area (Å²) >= 11 is 0. The van der Waals surface area contributed by atoms with E-state index < -0.39 is 16.8 Å². The number of ketones is 1. The van der Waals surface area contributed by atoms with Crippen LogP contribution in [-0.4, -0.2) is 43.9 Å². The molecule has 3 aliphatic rings. The van der Waals surface area contributed by atoms with Gasteiger partial charge in [0, 0.05) is 7.11 Å². The highest BCUT2D eigenvalue weighted by molar-refractivity contribution is 6.08. The number of carbonyl (C=O) groups is 1. The van der Waals surface area contributed by atoms with Crippen LogP contribution in [0.2, 0.25) is 0 Å². The first-order valence-electron chi connectivity index (χ1n) is 7.31. The molecule has 3 rings (SSSR count). The number of Topliss-reactive ketones (excluding diaryl/α,β-unsaturated/α-hetero) is 1. The Bertz CT molecular complexity index is 537. The van der Waals surface area contributed by atoms with E-state index >= 15 is 0 Å². The van der Waals surface area contributed by atoms with Gasteiger partial charge in [-0.15, -0.1) is 0 Å². The molecule has 1 spiro atoms. The fourth-order valence-corrected chi connectivity index (χ4v) is 4.85. The lowest BCUT2D eigenvalue weighted by atomic mass is 9.60. The topological polar surface area (TPSA) is 65.0 Å². The molecule has 0 radical (unpaired) electrons. The molecular weight excluding hydrogens is 272 g/mol. The van der Waals surface area contributed by atoms with Crippen molar-refractivity contribution >= 4 is 5.78 Å². The summed E-state index contributed by atoms with van der Waals surface area (Å²) < 4.78 is 16.5. The quantitative estimate of drug-likeness (QED) is 0.800. The number of methoxy groups -OCH3 is 3. The smallest absolute Gasteiger partial charge is 0.237 e. The fraction of sp³-hybridized carbons (Fsp3) is 0.688. The monoisotopic (exact) mass is 294 g/mol. The Morgan fingerprint density at radius 1 is 1.24 bits per heavy atom. The van der Waals surface area contributed by atoms with Crippen molar-refractivity contribution in [3.63, 3.8) is 0 Å². The molecule has 0 amide bonds. The molecule has 0 aromatic rings. The first-order valence-corrected chi connectivity index (χ1v) is 7.31. The maximum Gasteiger partial charge on any atom is 0.237 e. The summed E-state index contributed by atoms with van der Waals surface area (Å²) in [6.07, 6.45) is 3.03. The van der Waals surface area contributed by atoms with Gasteiger partial charge in [-0.3, -0.25) is 4.79 Å². The molecule has 0 bridgehead atoms. The Hall–Kier alpha value is -1.33. The van der Waals surface area contributed by atoms with Gasteiger partial charge in [0.1, 0.15) is 5.41 Å². The van der Waals surface area contributed by atoms with Crippen molar-refractivity contribution < 1.29 is 24.1 Å². The molecule has 2 fully saturated rings. The molecule has 2 saturated carbocycles. The van der Waals surface area contributed by atoms with Crippen LogP contribution in [0.4, 0.5) is 0 Å². The number of carbonyl (C=O) groups excluding carboxylic acids is 1. The minimum atomic E-state index is -1.67. The van der Waals surface area contributed by atoms with Crippen LogP contribution in [0.25, 0.3) is 0 Å². The first kappa shape index (κ1) is 14.6. The Morgan fingerprint density at radius 2 is 1.95 bits per heavy atom. The summed E-state index contributed by atoms with van der Waals surface area (Å²) in [5, 5.41) is 11.3. The van der Waals surface area contributed by atoms with Crippen LogP contribution >= 0.6 is 0 Å². The molecule has 0 saturated heterocycles. The van der Waals surface area contributed by atoms with E-state index in [-0.39, 0.29) is 17.8 Å². The summed E-state index contributed by atoms with van der Waals surface area (Å²) in [5.41, 5.74) is -2.02. The summed E-state index contributed by atoms with van der Waals surface area (Å²) in [4.78, 5) is 12.8. The van der Waals surface area contributed by atoms with Crippen LogP contribution in [0.15, 0.2) is 23.7 Å². The highest BCUT2D eigenvalue weighted by atomic mass is 16.5. The Labute approximate surface area is 124 Å². The second-order valence-electron chi connectivity index (χ2n) is 6.13. The average molecular weight is 294 g/mol. The zero-order valence-corrected chi connectivity index (χ0v) is 12.8. The molecule has 5 heteroatoms. The molecule has 116 valence electrons. The molecule has 0 aromatic carbocycles. The third-order valence-corrected chi connectivity index (χ3v) is 5.58. The van der Waals surface area contributed by atoms with Crippen molar-refractivity contribution in [3.8, 4) is 0 Å². The van der Waals surface area contributed by atoms with E-state index in [1.54, 1.807) is 7.11 Å². The third kappa shape index (κ3) is 1.36. The van der Waals surface area contributed by atoms with Gasteiger partial charge in [-0.1, -0.05) is 13.0 Å². The molecule has 1 N–H and O–H groups in total. The maximum atomic E-state index is 12.8. The van der Waals surface area contributed by atoms with Gasteiger partial charge >= 0.3 is 0 Å². The van der Waals surface area contributed by atoms with Crippen molar-refractivity contribution in [2.45, 2.75) is 37.4 Å². The summed E-state index contributed by atoms with van der Waals surface area (Å²) in [6, 6.07) is 0. The molecule has 0 unspecified atom stereocenters. The second-order valence-corrected chi connectivity index (χ2v) is 6.13. The summed E-state index contributed by atoms with van der Waals surface area (Å²) in [5.74, 6) is 0.168. The van der Waals surface area contributed by atoms with Crippen LogP contribution in [0.3, 0.4) is 0 Å². The fourth-order valence-electron chi connectivity index (χ4n) is 4.85. The van der Waals surface area contributed by atoms with Gasteiger partial charge in [-0.25, -0.2) is 0 Å². The highest BCUT2D eigenvalue weighted by Gasteiger charge is 2.77. The van der Waals surface area contributed by atoms with Crippen molar-refractivity contribution in [1.82, 2.24) is 0 Å². The summed E-state index contributed by atoms with van der Waals surface area (Å²) in [7, 11) is 4.56. The van der Waals surface area contributed by atoms with Gasteiger partial charge in [0.15, 0.2) is 11.4 Å². The van der Waals surface area contributed by atoms with Crippen molar-refractivity contribution in [3.05, 3.63) is 23.7 Å². The van der Waals surface area contributed by atoms with Crippen LogP contribution in [0, 0.1) is 11.3 Å². The first-order chi connectivity index (χ1) is 9.99. The lowest BCUT2D eigenvalue weighted by Crippen LogP contribution is -2.58. The van der Waals surface area contributed by atoms with Crippen LogP contribution in [0.5, 0.6) is 0 Å². The van der Waals surface area contributed by atoms with Crippen LogP contribution < -0.4 is 0 Å². The predicted octanol–water partition coefficient (Wildman–Crippen LogP) is 1.57. The van der Waals surface area contributed by atoms with Gasteiger partial charge in [0.25, 0.3) is 0 Å². The van der Waals surface area contributed by atoms with E-state index in [1.807, 2.05) is 0 Å². The van der Waals surface area contributed by atoms with Gasteiger partial charge in [0.2, 0.25) is 11.5 Å². The van der Waals surface area contributed by atoms with Gasteiger partial charge in [-0.2, -0.15) is 0 Å². The molecule has 3 aliphatic carbocycles. The highest BCUT2D eigenvalue weighted by Crippen LogP contribution is 2.68. The minimum Gasteiger partial charge on any atom is -0.496 e. The maximum absolute atomic E-state index is 12.8. The molecule has 21 heavy (non-hydrogen) atoms. The number of aliphatic hydroxyl groups is 1. The van der Waals surface area contributed by atoms with E-state index in [2.05, 4.69) is 6.58 Å². The standard InChI is InChI=1S/C16H22O5/c1-9-8-10-6-5-7-11(19-2)15(10)14(21-4)12(20-3)13(17)16(9,15)18/h10-11,18H,1,5-8H2,2-4H3/t10-,11+,15+,16-/m1/s1. The zero-order chi connectivity index (χ0) is 15.4. The molecule has 5 nitrogen and oxygen atoms in total. The SMILES string of the molecule is C=C1C[C@H]2CCC[C@H](OC)[C@]23C(OC)=C(OC)C(=O)[C@]13O. The molecule has 0 aliphatic heterocycles. The van der Waals surface area contributed by atoms with E-state index in [0.717, 1.165) is 19.3 Å². The van der Waals surface area contributed by atoms with Crippen molar-refractivity contribution in [2.24, 2.45) is 11.3 Å². The van der Waals surface area contributed by atoms with Gasteiger partial charge in [-0.05, 0) is 30.8 Å². The van der Waals surface area contributed by atoms with Gasteiger partial charge in [0.05, 0.1) is 20.3 Å². The average Bonchev–Trinajstić information content (AvgIpc) is 2.83. The largest absolute Gasteiger partial charge is 0.496 e. The normalized spacial score (nSPS) is 42.1. The van der Waals surface area contributed by atoms with Crippen LogP contribution in [0.1, 0.15) is 25.7 Å². The Kier molecular flexibility index (Phi) is 3.19. The minimum absolute atomic E-state index is 0.0836. The molecular formula is C16H22O5. The molecule has 0 aromatic heterocycles. The van der Waals surface area contributed by atoms with Crippen LogP contribution in [-0.2, 0) is 19.0 Å². The zero-order valence-electron chi connectivity index (χ0n) is 12.8. The van der Waals surface area contributed by atoms with E-state index in [4.69, 9.17) is 14.2 Å². The number of hydrogen-bond acceptors (Lipinski definition) is 5. The number of rotatable bonds is 3. The number of hydrogen-bond donors (Lipinski definition) is 1. The summed E-state index contributed by atoms with van der Waals surface area (Å²) in [6.45, 7) is 3.98. The lowest BCUT2D eigenvalue weighted by Gasteiger charge is -2.48. The predicted molar refractivity (Wildman–Crippen MR) is 75.3 cm³/mol. The molecule has 0 heterocycles. The molecule has 4 atom stereocenters.